The first kappa shape index (κ1) is 11.9. The Morgan fingerprint density at radius 2 is 2.38 bits per heavy atom. The van der Waals surface area contributed by atoms with E-state index in [1.165, 1.54) is 6.42 Å². The molecule has 0 saturated carbocycles. The van der Waals surface area contributed by atoms with E-state index in [2.05, 4.69) is 5.32 Å². The molecule has 2 fully saturated rings. The summed E-state index contributed by atoms with van der Waals surface area (Å²) < 4.78 is 5.28. The van der Waals surface area contributed by atoms with Crippen molar-refractivity contribution in [3.63, 3.8) is 0 Å². The minimum atomic E-state index is 0.133. The lowest BCUT2D eigenvalue weighted by atomic mass is 9.96. The van der Waals surface area contributed by atoms with E-state index in [9.17, 15) is 4.79 Å². The van der Waals surface area contributed by atoms with Crippen molar-refractivity contribution in [3.8, 4) is 0 Å². The number of piperidine rings is 1. The number of amides is 1. The second-order valence-electron chi connectivity index (χ2n) is 4.91. The number of nitrogens with zero attached hydrogens (tertiary/aromatic N) is 1. The zero-order valence-corrected chi connectivity index (χ0v) is 10.1. The minimum Gasteiger partial charge on any atom is -0.381 e. The molecular weight excluding hydrogens is 204 g/mol. The van der Waals surface area contributed by atoms with Gasteiger partial charge < -0.3 is 15.0 Å². The van der Waals surface area contributed by atoms with Gasteiger partial charge in [-0.05, 0) is 38.8 Å². The lowest BCUT2D eigenvalue weighted by molar-refractivity contribution is -0.137. The highest BCUT2D eigenvalue weighted by atomic mass is 16.5. The van der Waals surface area contributed by atoms with Crippen LogP contribution < -0.4 is 5.32 Å². The summed E-state index contributed by atoms with van der Waals surface area (Å²) in [6.45, 7) is 4.27. The normalized spacial score (nSPS) is 30.7. The van der Waals surface area contributed by atoms with Gasteiger partial charge in [-0.15, -0.1) is 0 Å². The fourth-order valence-electron chi connectivity index (χ4n) is 2.71. The Labute approximate surface area is 97.3 Å². The predicted molar refractivity (Wildman–Crippen MR) is 62.2 cm³/mol. The van der Waals surface area contributed by atoms with Crippen LogP contribution >= 0.6 is 0 Å². The van der Waals surface area contributed by atoms with Crippen molar-refractivity contribution in [1.82, 2.24) is 10.2 Å². The molecule has 0 radical (unpaired) electrons. The monoisotopic (exact) mass is 226 g/mol. The first-order valence-electron chi connectivity index (χ1n) is 6.32. The van der Waals surface area contributed by atoms with E-state index in [-0.39, 0.29) is 5.92 Å². The van der Waals surface area contributed by atoms with Crippen LogP contribution in [0.3, 0.4) is 0 Å². The molecule has 1 amide bonds. The van der Waals surface area contributed by atoms with Crippen molar-refractivity contribution < 1.29 is 9.53 Å². The summed E-state index contributed by atoms with van der Waals surface area (Å²) in [7, 11) is 1.98. The quantitative estimate of drug-likeness (QED) is 0.761. The SMILES string of the molecule is CNCC1CCCN(C(=O)C2CCOC2)C1. The fourth-order valence-corrected chi connectivity index (χ4v) is 2.71. The molecule has 1 N–H and O–H groups in total. The maximum atomic E-state index is 12.2. The van der Waals surface area contributed by atoms with E-state index in [1.807, 2.05) is 11.9 Å². The Morgan fingerprint density at radius 1 is 1.50 bits per heavy atom. The molecule has 92 valence electrons. The van der Waals surface area contributed by atoms with E-state index in [1.54, 1.807) is 0 Å². The summed E-state index contributed by atoms with van der Waals surface area (Å²) in [6, 6.07) is 0. The van der Waals surface area contributed by atoms with Gasteiger partial charge in [0.1, 0.15) is 0 Å². The lowest BCUT2D eigenvalue weighted by Crippen LogP contribution is -2.45. The van der Waals surface area contributed by atoms with Gasteiger partial charge in [-0.3, -0.25) is 4.79 Å². The molecule has 0 aromatic heterocycles. The molecule has 2 aliphatic heterocycles. The standard InChI is InChI=1S/C12H22N2O2/c1-13-7-10-3-2-5-14(8-10)12(15)11-4-6-16-9-11/h10-11,13H,2-9H2,1H3. The number of hydrogen-bond acceptors (Lipinski definition) is 3. The molecule has 4 nitrogen and oxygen atoms in total. The molecule has 16 heavy (non-hydrogen) atoms. The third kappa shape index (κ3) is 2.74. The lowest BCUT2D eigenvalue weighted by Gasteiger charge is -2.34. The van der Waals surface area contributed by atoms with Gasteiger partial charge in [-0.2, -0.15) is 0 Å². The van der Waals surface area contributed by atoms with Crippen LogP contribution in [0.2, 0.25) is 0 Å². The van der Waals surface area contributed by atoms with Crippen LogP contribution in [0.15, 0.2) is 0 Å². The van der Waals surface area contributed by atoms with Crippen LogP contribution in [0.4, 0.5) is 0 Å². The number of nitrogens with one attached hydrogen (secondary N) is 1. The molecule has 2 rings (SSSR count). The highest BCUT2D eigenvalue weighted by Gasteiger charge is 2.30. The average molecular weight is 226 g/mol. The topological polar surface area (TPSA) is 41.6 Å². The smallest absolute Gasteiger partial charge is 0.228 e. The number of ether oxygens (including phenoxy) is 1. The first-order valence-corrected chi connectivity index (χ1v) is 6.32. The van der Waals surface area contributed by atoms with Crippen molar-refractivity contribution in [2.75, 3.05) is 39.9 Å². The van der Waals surface area contributed by atoms with Crippen molar-refractivity contribution in [2.24, 2.45) is 11.8 Å². The number of carbonyl (C=O) groups excluding carboxylic acids is 1. The summed E-state index contributed by atoms with van der Waals surface area (Å²) in [6.07, 6.45) is 3.30. The van der Waals surface area contributed by atoms with Crippen LogP contribution in [0, 0.1) is 11.8 Å². The largest absolute Gasteiger partial charge is 0.381 e. The number of likely N-dealkylation sites (tertiary alicyclic amines) is 1. The molecule has 0 spiro atoms. The highest BCUT2D eigenvalue weighted by Crippen LogP contribution is 2.21. The number of hydrogen-bond donors (Lipinski definition) is 1. The van der Waals surface area contributed by atoms with Crippen molar-refractivity contribution in [3.05, 3.63) is 0 Å². The fraction of sp³-hybridized carbons (Fsp3) is 0.917. The second kappa shape index (κ2) is 5.64. The van der Waals surface area contributed by atoms with Crippen LogP contribution in [-0.2, 0) is 9.53 Å². The van der Waals surface area contributed by atoms with Gasteiger partial charge >= 0.3 is 0 Å². The number of carbonyl (C=O) groups is 1. The third-order valence-corrected chi connectivity index (χ3v) is 3.60. The van der Waals surface area contributed by atoms with Crippen molar-refractivity contribution in [2.45, 2.75) is 19.3 Å². The van der Waals surface area contributed by atoms with Crippen LogP contribution in [0.1, 0.15) is 19.3 Å². The van der Waals surface area contributed by atoms with E-state index in [0.717, 1.165) is 39.1 Å². The summed E-state index contributed by atoms with van der Waals surface area (Å²) in [4.78, 5) is 14.2. The van der Waals surface area contributed by atoms with E-state index in [4.69, 9.17) is 4.74 Å². The molecule has 2 unspecified atom stereocenters. The Balaban J connectivity index is 1.85. The number of rotatable bonds is 3. The molecule has 2 atom stereocenters. The Hall–Kier alpha value is -0.610. The molecule has 0 aliphatic carbocycles. The van der Waals surface area contributed by atoms with Gasteiger partial charge in [0.25, 0.3) is 0 Å². The molecule has 0 bridgehead atoms. The molecule has 0 aromatic rings. The van der Waals surface area contributed by atoms with Crippen molar-refractivity contribution >= 4 is 5.91 Å². The molecule has 0 aromatic carbocycles. The van der Waals surface area contributed by atoms with E-state index >= 15 is 0 Å². The van der Waals surface area contributed by atoms with Crippen LogP contribution in [0.5, 0.6) is 0 Å². The summed E-state index contributed by atoms with van der Waals surface area (Å²) in [5.74, 6) is 1.08. The minimum absolute atomic E-state index is 0.133. The Morgan fingerprint density at radius 3 is 3.06 bits per heavy atom. The maximum absolute atomic E-state index is 12.2. The van der Waals surface area contributed by atoms with Crippen LogP contribution in [0.25, 0.3) is 0 Å². The highest BCUT2D eigenvalue weighted by molar-refractivity contribution is 5.79. The van der Waals surface area contributed by atoms with Gasteiger partial charge in [0, 0.05) is 19.7 Å². The van der Waals surface area contributed by atoms with Gasteiger partial charge in [0.15, 0.2) is 0 Å². The van der Waals surface area contributed by atoms with E-state index in [0.29, 0.717) is 18.4 Å². The summed E-state index contributed by atoms with van der Waals surface area (Å²) in [5, 5.41) is 3.20. The molecule has 2 aliphatic rings. The Bertz CT molecular complexity index is 237. The zero-order valence-electron chi connectivity index (χ0n) is 10.1. The predicted octanol–water partition coefficient (Wildman–Crippen LogP) is 0.481. The van der Waals surface area contributed by atoms with Gasteiger partial charge in [-0.25, -0.2) is 0 Å². The van der Waals surface area contributed by atoms with Crippen LogP contribution in [-0.4, -0.2) is 50.7 Å². The molecular formula is C12H22N2O2. The van der Waals surface area contributed by atoms with E-state index < -0.39 is 0 Å². The molecule has 4 heteroatoms. The van der Waals surface area contributed by atoms with Gasteiger partial charge in [0.2, 0.25) is 5.91 Å². The van der Waals surface area contributed by atoms with Gasteiger partial charge in [0.05, 0.1) is 12.5 Å². The zero-order chi connectivity index (χ0) is 11.4. The first-order chi connectivity index (χ1) is 7.81. The maximum Gasteiger partial charge on any atom is 0.228 e. The van der Waals surface area contributed by atoms with Gasteiger partial charge in [-0.1, -0.05) is 0 Å². The third-order valence-electron chi connectivity index (χ3n) is 3.60. The van der Waals surface area contributed by atoms with Crippen molar-refractivity contribution in [1.29, 1.82) is 0 Å². The molecule has 2 heterocycles. The average Bonchev–Trinajstić information content (AvgIpc) is 2.82. The summed E-state index contributed by atoms with van der Waals surface area (Å²) in [5.41, 5.74) is 0. The second-order valence-corrected chi connectivity index (χ2v) is 4.91. The summed E-state index contributed by atoms with van der Waals surface area (Å²) >= 11 is 0. The Kier molecular flexibility index (Phi) is 4.18. The molecule has 2 saturated heterocycles.